The lowest BCUT2D eigenvalue weighted by Gasteiger charge is -2.71. The molecule has 0 aromatic heterocycles. The number of benzene rings is 1. The third-order valence-electron chi connectivity index (χ3n) is 10.1. The number of rotatable bonds is 2. The molecule has 3 nitrogen and oxygen atoms in total. The predicted molar refractivity (Wildman–Crippen MR) is 97.3 cm³/mol. The smallest absolute Gasteiger partial charge is 0.148 e. The molecule has 8 aliphatic rings. The van der Waals surface area contributed by atoms with Crippen molar-refractivity contribution in [1.82, 2.24) is 0 Å². The van der Waals surface area contributed by atoms with Gasteiger partial charge < -0.3 is 9.53 Å². The minimum Gasteiger partial charge on any atom is -0.369 e. The van der Waals surface area contributed by atoms with E-state index in [0.717, 1.165) is 12.7 Å². The van der Waals surface area contributed by atoms with Gasteiger partial charge in [0, 0.05) is 17.8 Å². The minimum atomic E-state index is -0.499. The molecule has 1 saturated heterocycles. The van der Waals surface area contributed by atoms with E-state index in [0.29, 0.717) is 35.4 Å². The monoisotopic (exact) mass is 358 g/mol. The molecule has 0 unspecified atom stereocenters. The van der Waals surface area contributed by atoms with Crippen LogP contribution in [-0.2, 0) is 14.3 Å². The van der Waals surface area contributed by atoms with Crippen LogP contribution in [0.2, 0.25) is 0 Å². The molecule has 8 bridgehead atoms. The zero-order chi connectivity index (χ0) is 17.7. The molecule has 136 valence electrons. The highest BCUT2D eigenvalue weighted by Gasteiger charge is 2.96. The molecule has 27 heavy (non-hydrogen) atoms. The summed E-state index contributed by atoms with van der Waals surface area (Å²) in [6, 6.07) is 10.5. The van der Waals surface area contributed by atoms with Crippen molar-refractivity contribution in [2.45, 2.75) is 31.0 Å². The molecule has 1 aromatic rings. The summed E-state index contributed by atoms with van der Waals surface area (Å²) in [5.41, 5.74) is 1.67. The molecular formula is C24H22O3. The Kier molecular flexibility index (Phi) is 2.12. The molecule has 1 aliphatic heterocycles. The van der Waals surface area contributed by atoms with Crippen molar-refractivity contribution >= 4 is 17.6 Å². The van der Waals surface area contributed by atoms with Crippen LogP contribution in [0, 0.1) is 52.8 Å². The average Bonchev–Trinajstić information content (AvgIpc) is 3.22. The number of aldehydes is 1. The molecule has 11 atom stereocenters. The summed E-state index contributed by atoms with van der Waals surface area (Å²) in [5, 5.41) is 0. The number of hydrogen-bond acceptors (Lipinski definition) is 3. The van der Waals surface area contributed by atoms with Gasteiger partial charge in [0.2, 0.25) is 0 Å². The van der Waals surface area contributed by atoms with Gasteiger partial charge in [0.1, 0.15) is 12.1 Å². The van der Waals surface area contributed by atoms with Crippen molar-refractivity contribution < 1.29 is 14.3 Å². The highest BCUT2D eigenvalue weighted by Crippen LogP contribution is 2.89. The Balaban J connectivity index is 1.40. The fourth-order valence-electron chi connectivity index (χ4n) is 9.94. The highest BCUT2D eigenvalue weighted by molar-refractivity contribution is 6.00. The molecular weight excluding hydrogens is 336 g/mol. The molecule has 0 radical (unpaired) electrons. The van der Waals surface area contributed by atoms with Crippen molar-refractivity contribution in [3.8, 4) is 0 Å². The van der Waals surface area contributed by atoms with Gasteiger partial charge in [-0.05, 0) is 60.0 Å². The van der Waals surface area contributed by atoms with Crippen molar-refractivity contribution in [2.24, 2.45) is 52.8 Å². The van der Waals surface area contributed by atoms with E-state index in [9.17, 15) is 9.59 Å². The topological polar surface area (TPSA) is 43.4 Å². The minimum absolute atomic E-state index is 0.0979. The van der Waals surface area contributed by atoms with Crippen LogP contribution in [0.5, 0.6) is 0 Å². The number of carbonyl (C=O) groups is 2. The lowest BCUT2D eigenvalue weighted by molar-refractivity contribution is -0.294. The number of allylic oxidation sites excluding steroid dienone is 1. The van der Waals surface area contributed by atoms with E-state index in [-0.39, 0.29) is 29.5 Å². The standard InChI is InChI=1S/C24H22O3/c25-10-17-16-9-12(8-15(16)11-4-2-1-3-5-11)24-20-14-7-6-13-18(21(14)27-24)22(26)23(17,24)19(13)20/h1-5,8,10,12-14,16-21H,6-7,9H2/t12-,13-,14-,16-,17+,18-,19+,20-,21+,23-,24-/m0/s1. The number of ether oxygens (including phenoxy) is 1. The Hall–Kier alpha value is -1.74. The average molecular weight is 358 g/mol. The van der Waals surface area contributed by atoms with Crippen LogP contribution in [0.3, 0.4) is 0 Å². The van der Waals surface area contributed by atoms with Gasteiger partial charge >= 0.3 is 0 Å². The van der Waals surface area contributed by atoms with Crippen molar-refractivity contribution in [3.05, 3.63) is 42.0 Å². The Morgan fingerprint density at radius 2 is 1.89 bits per heavy atom. The molecule has 7 aliphatic carbocycles. The van der Waals surface area contributed by atoms with Gasteiger partial charge in [0.15, 0.2) is 0 Å². The number of Topliss-reactive ketones (excluding diaryl/α,β-unsaturated/α-hetero) is 1. The molecule has 3 heteroatoms. The van der Waals surface area contributed by atoms with Gasteiger partial charge in [0.25, 0.3) is 0 Å². The summed E-state index contributed by atoms with van der Waals surface area (Å²) >= 11 is 0. The molecule has 2 spiro atoms. The number of carbonyl (C=O) groups excluding carboxylic acids is 2. The van der Waals surface area contributed by atoms with Gasteiger partial charge in [-0.2, -0.15) is 0 Å². The molecule has 7 fully saturated rings. The van der Waals surface area contributed by atoms with E-state index in [1.165, 1.54) is 24.0 Å². The summed E-state index contributed by atoms with van der Waals surface area (Å²) in [4.78, 5) is 26.4. The maximum Gasteiger partial charge on any atom is 0.148 e. The van der Waals surface area contributed by atoms with Crippen molar-refractivity contribution in [2.75, 3.05) is 0 Å². The maximum atomic E-state index is 13.9. The second-order valence-electron chi connectivity index (χ2n) is 10.2. The summed E-state index contributed by atoms with van der Waals surface area (Å²) in [5.74, 6) is 2.86. The van der Waals surface area contributed by atoms with Crippen LogP contribution in [0.4, 0.5) is 0 Å². The Bertz CT molecular complexity index is 965. The quantitative estimate of drug-likeness (QED) is 0.763. The van der Waals surface area contributed by atoms with E-state index < -0.39 is 5.41 Å². The first-order chi connectivity index (χ1) is 13.2. The summed E-state index contributed by atoms with van der Waals surface area (Å²) in [6.07, 6.45) is 7.13. The number of hydrogen-bond donors (Lipinski definition) is 0. The second-order valence-corrected chi connectivity index (χ2v) is 10.2. The highest BCUT2D eigenvalue weighted by atomic mass is 16.5. The molecule has 1 aromatic carbocycles. The molecule has 9 rings (SSSR count). The summed E-state index contributed by atoms with van der Waals surface area (Å²) in [6.45, 7) is 0. The normalized spacial score (nSPS) is 59.6. The first-order valence-corrected chi connectivity index (χ1v) is 10.7. The molecule has 0 N–H and O–H groups in total. The van der Waals surface area contributed by atoms with E-state index >= 15 is 0 Å². The van der Waals surface area contributed by atoms with E-state index in [2.05, 4.69) is 30.3 Å². The molecule has 0 amide bonds. The lowest BCUT2D eigenvalue weighted by atomic mass is 9.31. The van der Waals surface area contributed by atoms with Crippen LogP contribution in [-0.4, -0.2) is 23.8 Å². The zero-order valence-electron chi connectivity index (χ0n) is 15.1. The van der Waals surface area contributed by atoms with E-state index in [4.69, 9.17) is 4.74 Å². The first-order valence-electron chi connectivity index (χ1n) is 10.7. The van der Waals surface area contributed by atoms with Crippen molar-refractivity contribution in [3.63, 3.8) is 0 Å². The van der Waals surface area contributed by atoms with Crippen LogP contribution in [0.25, 0.3) is 5.57 Å². The summed E-state index contributed by atoms with van der Waals surface area (Å²) < 4.78 is 6.92. The van der Waals surface area contributed by atoms with Gasteiger partial charge in [-0.25, -0.2) is 0 Å². The predicted octanol–water partition coefficient (Wildman–Crippen LogP) is 3.14. The second kappa shape index (κ2) is 4.00. The fraction of sp³-hybridized carbons (Fsp3) is 0.583. The van der Waals surface area contributed by atoms with Gasteiger partial charge in [0.05, 0.1) is 17.1 Å². The Morgan fingerprint density at radius 1 is 1.07 bits per heavy atom. The first kappa shape index (κ1) is 14.3. The third-order valence-corrected chi connectivity index (χ3v) is 10.1. The lowest BCUT2D eigenvalue weighted by Crippen LogP contribution is -2.79. The Labute approximate surface area is 158 Å². The number of fused-ring (bicyclic) bond motifs is 3. The maximum absolute atomic E-state index is 13.9. The van der Waals surface area contributed by atoms with Crippen LogP contribution < -0.4 is 0 Å². The SMILES string of the molecule is O=C[C@@H]1[C@H]2C[C@H](C=C2c2ccccc2)[C@@]23O[C@@H]4[C@H]5CC[C@H]6[C@@H]4C(=O)[C@@]12[C@H]6[C@H]53. The fourth-order valence-corrected chi connectivity index (χ4v) is 9.94. The van der Waals surface area contributed by atoms with Crippen LogP contribution in [0.15, 0.2) is 36.4 Å². The largest absolute Gasteiger partial charge is 0.369 e. The third kappa shape index (κ3) is 1.08. The van der Waals surface area contributed by atoms with E-state index in [1.807, 2.05) is 6.07 Å². The molecule has 6 saturated carbocycles. The zero-order valence-corrected chi connectivity index (χ0v) is 15.1. The van der Waals surface area contributed by atoms with E-state index in [1.54, 1.807) is 0 Å². The molecule has 1 heterocycles. The van der Waals surface area contributed by atoms with Crippen molar-refractivity contribution in [1.29, 1.82) is 0 Å². The summed E-state index contributed by atoms with van der Waals surface area (Å²) in [7, 11) is 0. The van der Waals surface area contributed by atoms with Gasteiger partial charge in [-0.15, -0.1) is 0 Å². The number of ketones is 1. The Morgan fingerprint density at radius 3 is 2.70 bits per heavy atom. The van der Waals surface area contributed by atoms with Gasteiger partial charge in [-0.1, -0.05) is 36.4 Å². The van der Waals surface area contributed by atoms with Gasteiger partial charge in [-0.3, -0.25) is 4.79 Å². The van der Waals surface area contributed by atoms with Crippen LogP contribution >= 0.6 is 0 Å². The van der Waals surface area contributed by atoms with Crippen LogP contribution in [0.1, 0.15) is 24.8 Å².